The van der Waals surface area contributed by atoms with Crippen LogP contribution in [0, 0.1) is 0 Å². The molecule has 51 heavy (non-hydrogen) atoms. The van der Waals surface area contributed by atoms with Gasteiger partial charge in [0.05, 0.1) is 19.7 Å². The third kappa shape index (κ3) is 12.1. The second kappa shape index (κ2) is 21.2. The summed E-state index contributed by atoms with van der Waals surface area (Å²) in [5.41, 5.74) is 15.5. The number of anilines is 2. The minimum atomic E-state index is -0.488. The van der Waals surface area contributed by atoms with Crippen LogP contribution >= 0.6 is 79.6 Å². The Morgan fingerprint density at radius 1 is 0.784 bits per heavy atom. The summed E-state index contributed by atoms with van der Waals surface area (Å²) in [5.74, 6) is 0.510. The van der Waals surface area contributed by atoms with Crippen LogP contribution in [0.5, 0.6) is 6.01 Å². The lowest BCUT2D eigenvalue weighted by Crippen LogP contribution is -2.14. The van der Waals surface area contributed by atoms with Crippen LogP contribution in [0.3, 0.4) is 0 Å². The molecule has 4 heterocycles. The summed E-state index contributed by atoms with van der Waals surface area (Å²) in [4.78, 5) is 35.1. The average molecular weight is 1020 g/mol. The maximum absolute atomic E-state index is 11.5. The number of H-pyrrole nitrogens is 1. The Hall–Kier alpha value is -3.45. The molecule has 272 valence electrons. The number of nitrogens with zero attached hydrogens (tertiary/aromatic N) is 7. The number of alkyl halides is 1. The van der Waals surface area contributed by atoms with Crippen molar-refractivity contribution in [1.29, 1.82) is 0 Å². The number of halogens is 6. The van der Waals surface area contributed by atoms with Crippen molar-refractivity contribution in [1.82, 2.24) is 39.0 Å². The second-order valence-corrected chi connectivity index (χ2v) is 14.1. The van der Waals surface area contributed by atoms with E-state index in [4.69, 9.17) is 16.2 Å². The number of aromatic nitrogens is 8. The van der Waals surface area contributed by atoms with Crippen LogP contribution in [0.25, 0.3) is 22.3 Å². The van der Waals surface area contributed by atoms with Gasteiger partial charge in [0.15, 0.2) is 32.1 Å². The molecule has 12 nitrogen and oxygen atoms in total. The summed E-state index contributed by atoms with van der Waals surface area (Å²) in [5, 5.41) is 1.04. The Labute approximate surface area is 336 Å². The van der Waals surface area contributed by atoms with Crippen molar-refractivity contribution in [3.8, 4) is 6.01 Å². The van der Waals surface area contributed by atoms with Crippen LogP contribution in [-0.4, -0.2) is 51.0 Å². The molecule has 6 rings (SSSR count). The highest BCUT2D eigenvalue weighted by atomic mass is 79.9. The van der Waals surface area contributed by atoms with Crippen molar-refractivity contribution in [3.63, 3.8) is 0 Å². The van der Waals surface area contributed by atoms with Gasteiger partial charge in [0.1, 0.15) is 11.3 Å². The first-order valence-corrected chi connectivity index (χ1v) is 18.8. The van der Waals surface area contributed by atoms with Gasteiger partial charge in [-0.05, 0) is 80.1 Å². The molecule has 0 spiro atoms. The molecule has 0 atom stereocenters. The largest absolute Gasteiger partial charge is 0.463 e. The number of nitrogen functional groups attached to an aromatic ring is 2. The van der Waals surface area contributed by atoms with E-state index in [-0.39, 0.29) is 24.0 Å². The number of nitrogens with two attached hydrogens (primary N) is 2. The molecule has 0 aliphatic rings. The predicted molar refractivity (Wildman–Crippen MR) is 222 cm³/mol. The third-order valence-electron chi connectivity index (χ3n) is 6.48. The highest BCUT2D eigenvalue weighted by Gasteiger charge is 2.17. The number of hydrogen-bond acceptors (Lipinski definition) is 9. The van der Waals surface area contributed by atoms with E-state index in [1.54, 1.807) is 10.6 Å². The fourth-order valence-corrected chi connectivity index (χ4v) is 6.43. The highest BCUT2D eigenvalue weighted by molar-refractivity contribution is 9.11. The van der Waals surface area contributed by atoms with E-state index < -0.39 is 5.69 Å². The lowest BCUT2D eigenvalue weighted by Gasteiger charge is -2.08. The standard InChI is InChI=1S/C16H15Br2N5O.C12H9Br2N5O.C4H7Br.CH4.FH/c1-2-3-7-24-16-21-13(19)12-14(22-16)23(15(18)20-12)9-10-5-4-6-11(17)8-10;13-7-3-1-2-6(4-7)5-19-10-8(16-11(19)14)9(15)17-12(20)18-10;1-2-3-4-5;;/h2,4-6,8H,1,3,7,9H2,(H2,19,21,22);1-4H,5H2,(H3,15,17,18,20);2H,1,3-4H2;1H4;1H. The monoisotopic (exact) mass is 1020 g/mol. The fraction of sp³-hybridized carbons (Fsp3) is 0.212. The number of benzene rings is 2. The van der Waals surface area contributed by atoms with Crippen LogP contribution in [0.15, 0.2) is 97.0 Å². The predicted octanol–water partition coefficient (Wildman–Crippen LogP) is 8.96. The number of allylic oxidation sites excluding steroid dienone is 1. The summed E-state index contributed by atoms with van der Waals surface area (Å²) in [6.45, 7) is 8.77. The van der Waals surface area contributed by atoms with Crippen molar-refractivity contribution in [2.75, 3.05) is 23.4 Å². The molecule has 0 aliphatic carbocycles. The number of ether oxygens (including phenoxy) is 1. The molecule has 0 aliphatic heterocycles. The van der Waals surface area contributed by atoms with Gasteiger partial charge in [0, 0.05) is 14.3 Å². The van der Waals surface area contributed by atoms with Crippen molar-refractivity contribution in [2.24, 2.45) is 0 Å². The lowest BCUT2D eigenvalue weighted by molar-refractivity contribution is 0.300. The van der Waals surface area contributed by atoms with Gasteiger partial charge in [-0.1, -0.05) is 91.6 Å². The van der Waals surface area contributed by atoms with Crippen LogP contribution in [0.4, 0.5) is 16.3 Å². The number of fused-ring (bicyclic) bond motifs is 2. The minimum Gasteiger partial charge on any atom is -0.463 e. The molecule has 0 radical (unpaired) electrons. The van der Waals surface area contributed by atoms with Gasteiger partial charge in [-0.15, -0.1) is 13.2 Å². The summed E-state index contributed by atoms with van der Waals surface area (Å²) < 4.78 is 12.5. The molecule has 0 unspecified atom stereocenters. The first-order valence-electron chi connectivity index (χ1n) is 14.5. The van der Waals surface area contributed by atoms with Crippen molar-refractivity contribution >= 4 is 114 Å². The second-order valence-electron chi connectivity index (χ2n) is 10.1. The van der Waals surface area contributed by atoms with E-state index in [9.17, 15) is 4.79 Å². The third-order valence-corrected chi connectivity index (χ3v) is 9.13. The Kier molecular flexibility index (Phi) is 18.1. The van der Waals surface area contributed by atoms with Gasteiger partial charge >= 0.3 is 11.7 Å². The molecule has 2 aromatic carbocycles. The summed E-state index contributed by atoms with van der Waals surface area (Å²) >= 11 is 17.0. The van der Waals surface area contributed by atoms with E-state index in [1.165, 1.54) is 0 Å². The van der Waals surface area contributed by atoms with Crippen LogP contribution in [0.1, 0.15) is 31.4 Å². The molecule has 0 saturated heterocycles. The zero-order valence-electron chi connectivity index (χ0n) is 26.3. The van der Waals surface area contributed by atoms with Crippen LogP contribution < -0.4 is 21.9 Å². The highest BCUT2D eigenvalue weighted by Crippen LogP contribution is 2.26. The van der Waals surface area contributed by atoms with Crippen LogP contribution in [-0.2, 0) is 13.1 Å². The Morgan fingerprint density at radius 3 is 1.80 bits per heavy atom. The van der Waals surface area contributed by atoms with Gasteiger partial charge in [0.25, 0.3) is 0 Å². The van der Waals surface area contributed by atoms with Crippen molar-refractivity contribution in [3.05, 3.63) is 114 Å². The topological polar surface area (TPSA) is 168 Å². The normalized spacial score (nSPS) is 10.2. The molecular formula is C33H36Br5FN10O2. The fourth-order valence-electron chi connectivity index (χ4n) is 4.28. The Morgan fingerprint density at radius 2 is 1.31 bits per heavy atom. The van der Waals surface area contributed by atoms with E-state index in [0.717, 1.165) is 31.8 Å². The van der Waals surface area contributed by atoms with Gasteiger partial charge in [-0.25, -0.2) is 14.8 Å². The molecule has 0 bridgehead atoms. The van der Waals surface area contributed by atoms with Crippen LogP contribution in [0.2, 0.25) is 0 Å². The van der Waals surface area contributed by atoms with E-state index in [1.807, 2.05) is 59.2 Å². The Bertz CT molecular complexity index is 2140. The molecule has 18 heteroatoms. The van der Waals surface area contributed by atoms with E-state index >= 15 is 0 Å². The molecule has 4 aromatic heterocycles. The molecule has 6 aromatic rings. The maximum Gasteiger partial charge on any atom is 0.348 e. The van der Waals surface area contributed by atoms with Gasteiger partial charge < -0.3 is 16.2 Å². The Balaban J connectivity index is 0.000000305. The van der Waals surface area contributed by atoms with Crippen molar-refractivity contribution < 1.29 is 9.44 Å². The zero-order valence-corrected chi connectivity index (χ0v) is 34.3. The van der Waals surface area contributed by atoms with E-state index in [0.29, 0.717) is 63.7 Å². The first kappa shape index (κ1) is 43.7. The number of rotatable bonds is 10. The number of imidazole rings is 2. The van der Waals surface area contributed by atoms with E-state index in [2.05, 4.69) is 123 Å². The maximum atomic E-state index is 11.5. The molecular weight excluding hydrogens is 987 g/mol. The first-order chi connectivity index (χ1) is 23.5. The zero-order chi connectivity index (χ0) is 35.5. The van der Waals surface area contributed by atoms with Crippen molar-refractivity contribution in [2.45, 2.75) is 33.4 Å². The summed E-state index contributed by atoms with van der Waals surface area (Å²) in [7, 11) is 0. The molecule has 0 amide bonds. The number of aromatic amines is 1. The minimum absolute atomic E-state index is 0. The molecule has 0 fully saturated rings. The quantitative estimate of drug-likeness (QED) is 0.0525. The lowest BCUT2D eigenvalue weighted by atomic mass is 10.2. The smallest absolute Gasteiger partial charge is 0.348 e. The van der Waals surface area contributed by atoms with Gasteiger partial charge in [0.2, 0.25) is 0 Å². The number of hydrogen-bond donors (Lipinski definition) is 3. The molecule has 5 N–H and O–H groups in total. The average Bonchev–Trinajstić information content (AvgIpc) is 3.54. The van der Waals surface area contributed by atoms with Gasteiger partial charge in [-0.3, -0.25) is 18.8 Å². The summed E-state index contributed by atoms with van der Waals surface area (Å²) in [6, 6.07) is 16.2. The molecule has 0 saturated carbocycles. The van der Waals surface area contributed by atoms with Gasteiger partial charge in [-0.2, -0.15) is 15.0 Å². The number of nitrogens with one attached hydrogen (secondary N) is 1. The summed E-state index contributed by atoms with van der Waals surface area (Å²) in [6.07, 6.45) is 5.44. The SMILES string of the molecule is C.C=CCCBr.C=CCCOc1nc(N)c2nc(Br)n(Cc3cccc(Br)c3)c2n1.F.Nc1[nH]c(=O)nc2c1nc(Br)n2Cc1cccc(Br)c1.